The number of hydrogen-bond acceptors (Lipinski definition) is 2. The monoisotopic (exact) mass is 209 g/mol. The third-order valence-corrected chi connectivity index (χ3v) is 3.60. The molecule has 1 saturated carbocycles. The smallest absolute Gasteiger partial charge is 0.0766 e. The fraction of sp³-hybridized carbons (Fsp3) is 0.846. The lowest BCUT2D eigenvalue weighted by Crippen LogP contribution is -2.24. The molecule has 2 fully saturated rings. The predicted octanol–water partition coefficient (Wildman–Crippen LogP) is 2.77. The van der Waals surface area contributed by atoms with Crippen LogP contribution in [0.25, 0.3) is 0 Å². The van der Waals surface area contributed by atoms with Crippen LogP contribution in [0.15, 0.2) is 11.6 Å². The minimum Gasteiger partial charge on any atom is -0.368 e. The van der Waals surface area contributed by atoms with Crippen LogP contribution in [0.3, 0.4) is 0 Å². The van der Waals surface area contributed by atoms with Crippen molar-refractivity contribution in [3.63, 3.8) is 0 Å². The van der Waals surface area contributed by atoms with Crippen molar-refractivity contribution in [3.05, 3.63) is 11.6 Å². The van der Waals surface area contributed by atoms with E-state index in [9.17, 15) is 0 Å². The molecule has 1 atom stereocenters. The van der Waals surface area contributed by atoms with Crippen molar-refractivity contribution in [2.24, 2.45) is 5.73 Å². The second-order valence-corrected chi connectivity index (χ2v) is 5.62. The fourth-order valence-corrected chi connectivity index (χ4v) is 2.58. The van der Waals surface area contributed by atoms with Crippen LogP contribution in [0.1, 0.15) is 52.4 Å². The Morgan fingerprint density at radius 1 is 1.27 bits per heavy atom. The maximum atomic E-state index is 5.97. The van der Waals surface area contributed by atoms with Crippen molar-refractivity contribution in [1.82, 2.24) is 0 Å². The van der Waals surface area contributed by atoms with Gasteiger partial charge in [-0.1, -0.05) is 11.6 Å². The number of rotatable bonds is 1. The molecule has 86 valence electrons. The highest BCUT2D eigenvalue weighted by atomic mass is 16.5. The van der Waals surface area contributed by atoms with Crippen LogP contribution >= 0.6 is 0 Å². The molecule has 1 aliphatic heterocycles. The molecule has 0 amide bonds. The molecule has 0 aromatic rings. The average molecular weight is 209 g/mol. The first kappa shape index (κ1) is 11.2. The third kappa shape index (κ3) is 3.05. The van der Waals surface area contributed by atoms with E-state index in [0.717, 1.165) is 12.8 Å². The van der Waals surface area contributed by atoms with Gasteiger partial charge in [-0.05, 0) is 52.4 Å². The minimum atomic E-state index is 0.0901. The summed E-state index contributed by atoms with van der Waals surface area (Å²) in [6.07, 6.45) is 9.76. The van der Waals surface area contributed by atoms with Crippen molar-refractivity contribution < 1.29 is 4.74 Å². The van der Waals surface area contributed by atoms with Gasteiger partial charge in [-0.2, -0.15) is 0 Å². The van der Waals surface area contributed by atoms with Gasteiger partial charge in [0.15, 0.2) is 0 Å². The quantitative estimate of drug-likeness (QED) is 0.674. The van der Waals surface area contributed by atoms with E-state index in [2.05, 4.69) is 19.9 Å². The second-order valence-electron chi connectivity index (χ2n) is 5.62. The Morgan fingerprint density at radius 3 is 2.47 bits per heavy atom. The van der Waals surface area contributed by atoms with E-state index in [1.165, 1.54) is 25.7 Å². The molecule has 1 unspecified atom stereocenters. The number of allylic oxidation sites excluding steroid dienone is 1. The molecule has 1 aliphatic carbocycles. The zero-order valence-corrected chi connectivity index (χ0v) is 9.96. The van der Waals surface area contributed by atoms with Crippen molar-refractivity contribution in [2.75, 3.05) is 0 Å². The van der Waals surface area contributed by atoms with Gasteiger partial charge in [0.2, 0.25) is 0 Å². The molecule has 1 heterocycles. The molecular formula is C13H23NO. The maximum absolute atomic E-state index is 5.97. The molecule has 0 aromatic carbocycles. The maximum Gasteiger partial charge on any atom is 0.0766 e. The van der Waals surface area contributed by atoms with E-state index in [1.807, 2.05) is 0 Å². The average Bonchev–Trinajstić information content (AvgIpc) is 2.50. The van der Waals surface area contributed by atoms with Crippen LogP contribution in [-0.4, -0.2) is 17.7 Å². The van der Waals surface area contributed by atoms with E-state index in [0.29, 0.717) is 12.1 Å². The zero-order chi connectivity index (χ0) is 10.9. The lowest BCUT2D eigenvalue weighted by Gasteiger charge is -2.22. The van der Waals surface area contributed by atoms with Gasteiger partial charge in [0.05, 0.1) is 11.7 Å². The lowest BCUT2D eigenvalue weighted by atomic mass is 9.90. The standard InChI is InChI=1S/C13H23NO/c1-13(2)8-7-12(15-13)9-10-3-5-11(14)6-4-10/h9,11-12H,3-8,14H2,1-2H3. The van der Waals surface area contributed by atoms with Gasteiger partial charge >= 0.3 is 0 Å². The Labute approximate surface area is 92.9 Å². The Kier molecular flexibility index (Phi) is 3.17. The normalized spacial score (nSPS) is 35.5. The van der Waals surface area contributed by atoms with Gasteiger partial charge in [0, 0.05) is 6.04 Å². The molecule has 2 nitrogen and oxygen atoms in total. The van der Waals surface area contributed by atoms with Crippen molar-refractivity contribution in [3.8, 4) is 0 Å². The molecule has 0 spiro atoms. The Morgan fingerprint density at radius 2 is 1.93 bits per heavy atom. The molecule has 2 rings (SSSR count). The van der Waals surface area contributed by atoms with Gasteiger partial charge in [0.1, 0.15) is 0 Å². The van der Waals surface area contributed by atoms with Gasteiger partial charge in [-0.3, -0.25) is 0 Å². The summed E-state index contributed by atoms with van der Waals surface area (Å²) in [7, 11) is 0. The molecule has 0 radical (unpaired) electrons. The van der Waals surface area contributed by atoms with E-state index < -0.39 is 0 Å². The fourth-order valence-electron chi connectivity index (χ4n) is 2.58. The SMILES string of the molecule is CC1(C)CCC(C=C2CCC(N)CC2)O1. The summed E-state index contributed by atoms with van der Waals surface area (Å²) in [5.41, 5.74) is 7.55. The molecule has 15 heavy (non-hydrogen) atoms. The lowest BCUT2D eigenvalue weighted by molar-refractivity contribution is 0.00473. The Bertz CT molecular complexity index is 247. The van der Waals surface area contributed by atoms with E-state index in [1.54, 1.807) is 5.57 Å². The van der Waals surface area contributed by atoms with Crippen LogP contribution in [0.4, 0.5) is 0 Å². The molecule has 2 heteroatoms. The van der Waals surface area contributed by atoms with Crippen molar-refractivity contribution in [1.29, 1.82) is 0 Å². The summed E-state index contributed by atoms with van der Waals surface area (Å²) in [6, 6.07) is 0.433. The number of ether oxygens (including phenoxy) is 1. The Balaban J connectivity index is 1.88. The molecule has 1 saturated heterocycles. The minimum absolute atomic E-state index is 0.0901. The van der Waals surface area contributed by atoms with Crippen LogP contribution in [0, 0.1) is 0 Å². The van der Waals surface area contributed by atoms with Gasteiger partial charge in [0.25, 0.3) is 0 Å². The number of hydrogen-bond donors (Lipinski definition) is 1. The van der Waals surface area contributed by atoms with Crippen LogP contribution in [0.5, 0.6) is 0 Å². The van der Waals surface area contributed by atoms with Gasteiger partial charge in [-0.25, -0.2) is 0 Å². The summed E-state index contributed by atoms with van der Waals surface area (Å²) >= 11 is 0. The zero-order valence-electron chi connectivity index (χ0n) is 9.96. The summed E-state index contributed by atoms with van der Waals surface area (Å²) in [6.45, 7) is 4.37. The van der Waals surface area contributed by atoms with Crippen molar-refractivity contribution >= 4 is 0 Å². The third-order valence-electron chi connectivity index (χ3n) is 3.60. The summed E-state index contributed by atoms with van der Waals surface area (Å²) in [4.78, 5) is 0. The molecule has 0 aromatic heterocycles. The highest BCUT2D eigenvalue weighted by Gasteiger charge is 2.30. The highest BCUT2D eigenvalue weighted by molar-refractivity contribution is 5.10. The predicted molar refractivity (Wildman–Crippen MR) is 62.7 cm³/mol. The Hall–Kier alpha value is -0.340. The van der Waals surface area contributed by atoms with Crippen LogP contribution in [-0.2, 0) is 4.74 Å². The number of nitrogens with two attached hydrogens (primary N) is 1. The molecule has 2 N–H and O–H groups in total. The van der Waals surface area contributed by atoms with Crippen LogP contribution in [0.2, 0.25) is 0 Å². The largest absolute Gasteiger partial charge is 0.368 e. The van der Waals surface area contributed by atoms with Crippen molar-refractivity contribution in [2.45, 2.75) is 70.1 Å². The van der Waals surface area contributed by atoms with E-state index in [4.69, 9.17) is 10.5 Å². The van der Waals surface area contributed by atoms with Crippen LogP contribution < -0.4 is 5.73 Å². The van der Waals surface area contributed by atoms with E-state index in [-0.39, 0.29) is 5.60 Å². The van der Waals surface area contributed by atoms with Gasteiger partial charge in [-0.15, -0.1) is 0 Å². The van der Waals surface area contributed by atoms with E-state index >= 15 is 0 Å². The first-order chi connectivity index (χ1) is 7.05. The molecule has 0 bridgehead atoms. The second kappa shape index (κ2) is 4.26. The summed E-state index contributed by atoms with van der Waals surface area (Å²) in [5, 5.41) is 0. The highest BCUT2D eigenvalue weighted by Crippen LogP contribution is 2.32. The molecular weight excluding hydrogens is 186 g/mol. The summed E-state index contributed by atoms with van der Waals surface area (Å²) < 4.78 is 5.97. The topological polar surface area (TPSA) is 35.2 Å². The van der Waals surface area contributed by atoms with Gasteiger partial charge < -0.3 is 10.5 Å². The molecule has 2 aliphatic rings. The first-order valence-electron chi connectivity index (χ1n) is 6.18. The summed E-state index contributed by atoms with van der Waals surface area (Å²) in [5.74, 6) is 0. The first-order valence-corrected chi connectivity index (χ1v) is 6.18.